The fraction of sp³-hybridized carbons (Fsp3) is 0.938. The SMILES string of the molecule is CCCNC(C)(CCCN(CCOC)C(C)CC)C(=O)O. The average molecular weight is 302 g/mol. The third-order valence-corrected chi connectivity index (χ3v) is 4.16. The molecule has 0 aromatic heterocycles. The molecule has 2 unspecified atom stereocenters. The van der Waals surface area contributed by atoms with Crippen LogP contribution in [0.15, 0.2) is 0 Å². The first-order valence-corrected chi connectivity index (χ1v) is 8.12. The summed E-state index contributed by atoms with van der Waals surface area (Å²) < 4.78 is 5.16. The summed E-state index contributed by atoms with van der Waals surface area (Å²) in [5, 5.41) is 12.6. The zero-order chi connectivity index (χ0) is 16.3. The van der Waals surface area contributed by atoms with E-state index in [9.17, 15) is 9.90 Å². The van der Waals surface area contributed by atoms with Crippen LogP contribution >= 0.6 is 0 Å². The van der Waals surface area contributed by atoms with Gasteiger partial charge in [-0.1, -0.05) is 13.8 Å². The van der Waals surface area contributed by atoms with Gasteiger partial charge in [-0.05, 0) is 52.6 Å². The summed E-state index contributed by atoms with van der Waals surface area (Å²) in [6.07, 6.45) is 3.54. The second kappa shape index (κ2) is 11.0. The van der Waals surface area contributed by atoms with Crippen LogP contribution in [0, 0.1) is 0 Å². The van der Waals surface area contributed by atoms with Gasteiger partial charge in [-0.3, -0.25) is 9.69 Å². The van der Waals surface area contributed by atoms with Crippen molar-refractivity contribution < 1.29 is 14.6 Å². The number of rotatable bonds is 13. The minimum Gasteiger partial charge on any atom is -0.480 e. The lowest BCUT2D eigenvalue weighted by atomic mass is 9.95. The number of carboxylic acid groups (broad SMARTS) is 1. The number of nitrogens with one attached hydrogen (secondary N) is 1. The Morgan fingerprint density at radius 1 is 1.38 bits per heavy atom. The summed E-state index contributed by atoms with van der Waals surface area (Å²) in [7, 11) is 1.71. The van der Waals surface area contributed by atoms with Gasteiger partial charge in [0.25, 0.3) is 0 Å². The molecule has 0 saturated carbocycles. The van der Waals surface area contributed by atoms with Crippen molar-refractivity contribution in [1.82, 2.24) is 10.2 Å². The highest BCUT2D eigenvalue weighted by Crippen LogP contribution is 2.15. The van der Waals surface area contributed by atoms with Crippen LogP contribution in [0.2, 0.25) is 0 Å². The van der Waals surface area contributed by atoms with E-state index in [-0.39, 0.29) is 0 Å². The van der Waals surface area contributed by atoms with Gasteiger partial charge in [0, 0.05) is 19.7 Å². The first-order valence-electron chi connectivity index (χ1n) is 8.12. The number of methoxy groups -OCH3 is 1. The Bertz CT molecular complexity index is 287. The summed E-state index contributed by atoms with van der Waals surface area (Å²) >= 11 is 0. The van der Waals surface area contributed by atoms with E-state index in [0.29, 0.717) is 19.1 Å². The number of carboxylic acids is 1. The molecule has 2 N–H and O–H groups in total. The third kappa shape index (κ3) is 7.79. The van der Waals surface area contributed by atoms with Gasteiger partial charge in [0.1, 0.15) is 5.54 Å². The smallest absolute Gasteiger partial charge is 0.323 e. The van der Waals surface area contributed by atoms with E-state index in [1.807, 2.05) is 6.92 Å². The Kier molecular flexibility index (Phi) is 10.6. The van der Waals surface area contributed by atoms with Crippen LogP contribution in [0.1, 0.15) is 53.4 Å². The van der Waals surface area contributed by atoms with Crippen LogP contribution < -0.4 is 5.32 Å². The fourth-order valence-corrected chi connectivity index (χ4v) is 2.33. The van der Waals surface area contributed by atoms with Crippen molar-refractivity contribution in [2.45, 2.75) is 65.0 Å². The predicted octanol–water partition coefficient (Wildman–Crippen LogP) is 2.36. The van der Waals surface area contributed by atoms with Crippen molar-refractivity contribution in [3.63, 3.8) is 0 Å². The van der Waals surface area contributed by atoms with Gasteiger partial charge in [-0.15, -0.1) is 0 Å². The van der Waals surface area contributed by atoms with E-state index in [1.165, 1.54) is 0 Å². The Hall–Kier alpha value is -0.650. The molecule has 21 heavy (non-hydrogen) atoms. The molecule has 0 aromatic carbocycles. The van der Waals surface area contributed by atoms with E-state index in [1.54, 1.807) is 14.0 Å². The van der Waals surface area contributed by atoms with Gasteiger partial charge < -0.3 is 15.2 Å². The summed E-state index contributed by atoms with van der Waals surface area (Å²) in [5.74, 6) is -0.761. The second-order valence-electron chi connectivity index (χ2n) is 5.95. The van der Waals surface area contributed by atoms with E-state index in [4.69, 9.17) is 4.74 Å². The molecular formula is C16H34N2O3. The minimum absolute atomic E-state index is 0.500. The van der Waals surface area contributed by atoms with Crippen LogP contribution in [0.5, 0.6) is 0 Å². The van der Waals surface area contributed by atoms with Gasteiger partial charge in [-0.25, -0.2) is 0 Å². The van der Waals surface area contributed by atoms with E-state index in [0.717, 1.165) is 38.9 Å². The van der Waals surface area contributed by atoms with Crippen molar-refractivity contribution in [1.29, 1.82) is 0 Å². The molecule has 0 spiro atoms. The standard InChI is InChI=1S/C16H34N2O3/c1-6-10-17-16(4,15(19)20)9-8-11-18(12-13-21-5)14(3)7-2/h14,17H,6-13H2,1-5H3,(H,19,20). The Morgan fingerprint density at radius 2 is 2.05 bits per heavy atom. The van der Waals surface area contributed by atoms with Crippen molar-refractivity contribution in [3.8, 4) is 0 Å². The fourth-order valence-electron chi connectivity index (χ4n) is 2.33. The van der Waals surface area contributed by atoms with Crippen LogP contribution in [0.25, 0.3) is 0 Å². The molecule has 0 amide bonds. The maximum atomic E-state index is 11.5. The number of nitrogens with zero attached hydrogens (tertiary/aromatic N) is 1. The van der Waals surface area contributed by atoms with Crippen molar-refractivity contribution >= 4 is 5.97 Å². The van der Waals surface area contributed by atoms with Gasteiger partial charge in [0.15, 0.2) is 0 Å². The monoisotopic (exact) mass is 302 g/mol. The van der Waals surface area contributed by atoms with E-state index in [2.05, 4.69) is 24.1 Å². The predicted molar refractivity (Wildman–Crippen MR) is 86.8 cm³/mol. The quantitative estimate of drug-likeness (QED) is 0.547. The number of carbonyl (C=O) groups is 1. The molecule has 0 aliphatic carbocycles. The summed E-state index contributed by atoms with van der Waals surface area (Å²) in [4.78, 5) is 13.8. The molecule has 0 rings (SSSR count). The largest absolute Gasteiger partial charge is 0.480 e. The number of ether oxygens (including phenoxy) is 1. The Morgan fingerprint density at radius 3 is 2.52 bits per heavy atom. The lowest BCUT2D eigenvalue weighted by Gasteiger charge is -2.31. The molecule has 5 nitrogen and oxygen atoms in total. The molecule has 5 heteroatoms. The molecule has 0 fully saturated rings. The molecular weight excluding hydrogens is 268 g/mol. The lowest BCUT2D eigenvalue weighted by molar-refractivity contribution is -0.144. The highest BCUT2D eigenvalue weighted by atomic mass is 16.5. The molecule has 0 heterocycles. The highest BCUT2D eigenvalue weighted by molar-refractivity contribution is 5.78. The number of hydrogen-bond acceptors (Lipinski definition) is 4. The molecule has 0 bridgehead atoms. The molecule has 0 aliphatic rings. The Labute approximate surface area is 130 Å². The molecule has 126 valence electrons. The Balaban J connectivity index is 4.39. The van der Waals surface area contributed by atoms with Crippen molar-refractivity contribution in [2.75, 3.05) is 33.4 Å². The summed E-state index contributed by atoms with van der Waals surface area (Å²) in [5.41, 5.74) is -0.821. The molecule has 0 aromatic rings. The van der Waals surface area contributed by atoms with Gasteiger partial charge in [-0.2, -0.15) is 0 Å². The van der Waals surface area contributed by atoms with Crippen molar-refractivity contribution in [2.24, 2.45) is 0 Å². The summed E-state index contributed by atoms with van der Waals surface area (Å²) in [6.45, 7) is 11.5. The molecule has 0 aliphatic heterocycles. The van der Waals surface area contributed by atoms with Crippen LogP contribution in [-0.2, 0) is 9.53 Å². The normalized spacial score (nSPS) is 15.9. The molecule has 0 radical (unpaired) electrons. The van der Waals surface area contributed by atoms with Crippen LogP contribution in [0.3, 0.4) is 0 Å². The van der Waals surface area contributed by atoms with Crippen LogP contribution in [0.4, 0.5) is 0 Å². The minimum atomic E-state index is -0.821. The number of hydrogen-bond donors (Lipinski definition) is 2. The lowest BCUT2D eigenvalue weighted by Crippen LogP contribution is -2.50. The van der Waals surface area contributed by atoms with Gasteiger partial charge in [0.05, 0.1) is 6.61 Å². The first-order chi connectivity index (χ1) is 9.91. The van der Waals surface area contributed by atoms with E-state index >= 15 is 0 Å². The third-order valence-electron chi connectivity index (χ3n) is 4.16. The van der Waals surface area contributed by atoms with Crippen molar-refractivity contribution in [3.05, 3.63) is 0 Å². The second-order valence-corrected chi connectivity index (χ2v) is 5.95. The van der Waals surface area contributed by atoms with Gasteiger partial charge in [0.2, 0.25) is 0 Å². The summed E-state index contributed by atoms with van der Waals surface area (Å²) in [6, 6.07) is 0.500. The average Bonchev–Trinajstić information content (AvgIpc) is 2.47. The topological polar surface area (TPSA) is 61.8 Å². The zero-order valence-electron chi connectivity index (χ0n) is 14.4. The molecule has 2 atom stereocenters. The highest BCUT2D eigenvalue weighted by Gasteiger charge is 2.31. The first kappa shape index (κ1) is 20.3. The van der Waals surface area contributed by atoms with E-state index < -0.39 is 11.5 Å². The maximum Gasteiger partial charge on any atom is 0.323 e. The van der Waals surface area contributed by atoms with Crippen LogP contribution in [-0.4, -0.2) is 60.9 Å². The molecule has 0 saturated heterocycles. The number of aliphatic carboxylic acids is 1. The van der Waals surface area contributed by atoms with Gasteiger partial charge >= 0.3 is 5.97 Å². The zero-order valence-corrected chi connectivity index (χ0v) is 14.4. The maximum absolute atomic E-state index is 11.5.